The topological polar surface area (TPSA) is 38.0 Å². The minimum Gasteiger partial charge on any atom is -0.329 e. The largest absolute Gasteiger partial charge is 0.405 e. The first kappa shape index (κ1) is 10.8. The van der Waals surface area contributed by atoms with Crippen molar-refractivity contribution in [3.05, 3.63) is 0 Å². The van der Waals surface area contributed by atoms with Crippen LogP contribution in [0.15, 0.2) is 0 Å². The van der Waals surface area contributed by atoms with Crippen LogP contribution < -0.4 is 11.1 Å². The molecule has 78 valence electrons. The fourth-order valence-corrected chi connectivity index (χ4v) is 1.67. The monoisotopic (exact) mass is 196 g/mol. The van der Waals surface area contributed by atoms with Crippen molar-refractivity contribution in [1.29, 1.82) is 0 Å². The molecule has 13 heavy (non-hydrogen) atoms. The molecule has 1 saturated carbocycles. The van der Waals surface area contributed by atoms with Gasteiger partial charge in [-0.1, -0.05) is 12.8 Å². The van der Waals surface area contributed by atoms with Gasteiger partial charge in [0, 0.05) is 12.6 Å². The van der Waals surface area contributed by atoms with Crippen molar-refractivity contribution in [2.75, 3.05) is 6.54 Å². The van der Waals surface area contributed by atoms with Gasteiger partial charge in [0.15, 0.2) is 0 Å². The molecule has 1 atom stereocenters. The molecule has 1 aliphatic rings. The zero-order valence-corrected chi connectivity index (χ0v) is 7.40. The number of hydrogen-bond acceptors (Lipinski definition) is 2. The summed E-state index contributed by atoms with van der Waals surface area (Å²) < 4.78 is 36.7. The standard InChI is InChI=1S/C8H15F3N2/c9-8(10,11)7(5-12)13-6-3-1-2-4-6/h6-7,13H,1-5,12H2. The predicted octanol–water partition coefficient (Wildman–Crippen LogP) is 1.41. The van der Waals surface area contributed by atoms with E-state index in [4.69, 9.17) is 5.73 Å². The lowest BCUT2D eigenvalue weighted by Gasteiger charge is -2.23. The van der Waals surface area contributed by atoms with Crippen LogP contribution in [0, 0.1) is 0 Å². The number of rotatable bonds is 3. The van der Waals surface area contributed by atoms with Crippen molar-refractivity contribution < 1.29 is 13.2 Å². The third kappa shape index (κ3) is 3.15. The van der Waals surface area contributed by atoms with E-state index in [2.05, 4.69) is 5.32 Å². The minimum atomic E-state index is -4.21. The van der Waals surface area contributed by atoms with Crippen LogP contribution in [0.5, 0.6) is 0 Å². The molecule has 0 aromatic carbocycles. The lowest BCUT2D eigenvalue weighted by molar-refractivity contribution is -0.155. The molecule has 1 unspecified atom stereocenters. The average Bonchev–Trinajstić information content (AvgIpc) is 2.49. The van der Waals surface area contributed by atoms with Crippen molar-refractivity contribution in [3.63, 3.8) is 0 Å². The van der Waals surface area contributed by atoms with E-state index in [-0.39, 0.29) is 12.6 Å². The number of nitrogens with one attached hydrogen (secondary N) is 1. The Hall–Kier alpha value is -0.290. The fourth-order valence-electron chi connectivity index (χ4n) is 1.67. The maximum Gasteiger partial charge on any atom is 0.405 e. The van der Waals surface area contributed by atoms with E-state index in [9.17, 15) is 13.2 Å². The Kier molecular flexibility index (Phi) is 3.55. The molecule has 5 heteroatoms. The zero-order valence-electron chi connectivity index (χ0n) is 7.40. The summed E-state index contributed by atoms with van der Waals surface area (Å²) in [5.41, 5.74) is 5.05. The van der Waals surface area contributed by atoms with Crippen molar-refractivity contribution in [2.45, 2.75) is 43.9 Å². The third-order valence-corrected chi connectivity index (χ3v) is 2.42. The molecule has 1 aliphatic carbocycles. The highest BCUT2D eigenvalue weighted by Crippen LogP contribution is 2.23. The van der Waals surface area contributed by atoms with E-state index < -0.39 is 12.2 Å². The molecular weight excluding hydrogens is 181 g/mol. The summed E-state index contributed by atoms with van der Waals surface area (Å²) >= 11 is 0. The zero-order chi connectivity index (χ0) is 9.90. The summed E-state index contributed by atoms with van der Waals surface area (Å²) in [6.07, 6.45) is -0.490. The molecule has 0 bridgehead atoms. The lowest BCUT2D eigenvalue weighted by Crippen LogP contribution is -2.50. The summed E-state index contributed by atoms with van der Waals surface area (Å²) in [6.45, 7) is -0.375. The highest BCUT2D eigenvalue weighted by Gasteiger charge is 2.39. The van der Waals surface area contributed by atoms with Gasteiger partial charge in [0.2, 0.25) is 0 Å². The van der Waals surface area contributed by atoms with Crippen LogP contribution in [0.2, 0.25) is 0 Å². The molecule has 0 heterocycles. The Labute approximate surface area is 75.7 Å². The second-order valence-electron chi connectivity index (χ2n) is 3.48. The summed E-state index contributed by atoms with van der Waals surface area (Å²) in [4.78, 5) is 0. The third-order valence-electron chi connectivity index (χ3n) is 2.42. The van der Waals surface area contributed by atoms with E-state index in [1.54, 1.807) is 0 Å². The summed E-state index contributed by atoms with van der Waals surface area (Å²) in [5.74, 6) is 0. The van der Waals surface area contributed by atoms with Crippen molar-refractivity contribution in [2.24, 2.45) is 5.73 Å². The summed E-state index contributed by atoms with van der Waals surface area (Å²) in [6, 6.07) is -1.52. The Bertz CT molecular complexity index is 152. The van der Waals surface area contributed by atoms with Gasteiger partial charge in [0.05, 0.1) is 0 Å². The number of hydrogen-bond donors (Lipinski definition) is 2. The van der Waals surface area contributed by atoms with Gasteiger partial charge in [0.1, 0.15) is 6.04 Å². The van der Waals surface area contributed by atoms with Crippen molar-refractivity contribution in [1.82, 2.24) is 5.32 Å². The Morgan fingerprint density at radius 2 is 1.85 bits per heavy atom. The van der Waals surface area contributed by atoms with Gasteiger partial charge in [-0.2, -0.15) is 13.2 Å². The molecule has 0 amide bonds. The van der Waals surface area contributed by atoms with Gasteiger partial charge in [-0.05, 0) is 12.8 Å². The van der Waals surface area contributed by atoms with Gasteiger partial charge in [0.25, 0.3) is 0 Å². The van der Waals surface area contributed by atoms with E-state index >= 15 is 0 Å². The summed E-state index contributed by atoms with van der Waals surface area (Å²) in [7, 11) is 0. The molecular formula is C8H15F3N2. The van der Waals surface area contributed by atoms with Crippen molar-refractivity contribution >= 4 is 0 Å². The molecule has 0 aromatic rings. The van der Waals surface area contributed by atoms with Gasteiger partial charge < -0.3 is 11.1 Å². The minimum absolute atomic E-state index is 0.00942. The highest BCUT2D eigenvalue weighted by molar-refractivity contribution is 4.83. The Morgan fingerprint density at radius 3 is 2.23 bits per heavy atom. The van der Waals surface area contributed by atoms with Crippen molar-refractivity contribution in [3.8, 4) is 0 Å². The SMILES string of the molecule is NCC(NC1CCCC1)C(F)(F)F. The molecule has 1 fully saturated rings. The maximum atomic E-state index is 12.2. The molecule has 0 spiro atoms. The van der Waals surface area contributed by atoms with Crippen LogP contribution in [0.3, 0.4) is 0 Å². The highest BCUT2D eigenvalue weighted by atomic mass is 19.4. The number of halogens is 3. The first-order valence-electron chi connectivity index (χ1n) is 4.57. The Balaban J connectivity index is 2.39. The van der Waals surface area contributed by atoms with E-state index in [1.165, 1.54) is 0 Å². The molecule has 0 saturated heterocycles. The van der Waals surface area contributed by atoms with E-state index in [0.717, 1.165) is 25.7 Å². The van der Waals surface area contributed by atoms with Crippen LogP contribution in [0.25, 0.3) is 0 Å². The number of alkyl halides is 3. The van der Waals surface area contributed by atoms with Gasteiger partial charge in [-0.25, -0.2) is 0 Å². The molecule has 0 aliphatic heterocycles. The molecule has 0 aromatic heterocycles. The smallest absolute Gasteiger partial charge is 0.329 e. The molecule has 3 N–H and O–H groups in total. The lowest BCUT2D eigenvalue weighted by atomic mass is 10.2. The quantitative estimate of drug-likeness (QED) is 0.716. The Morgan fingerprint density at radius 1 is 1.31 bits per heavy atom. The molecule has 2 nitrogen and oxygen atoms in total. The predicted molar refractivity (Wildman–Crippen MR) is 44.3 cm³/mol. The van der Waals surface area contributed by atoms with Crippen LogP contribution in [0.1, 0.15) is 25.7 Å². The maximum absolute atomic E-state index is 12.2. The average molecular weight is 196 g/mol. The van der Waals surface area contributed by atoms with Gasteiger partial charge >= 0.3 is 6.18 Å². The first-order chi connectivity index (χ1) is 6.04. The fraction of sp³-hybridized carbons (Fsp3) is 1.00. The van der Waals surface area contributed by atoms with Crippen LogP contribution in [-0.4, -0.2) is 24.8 Å². The van der Waals surface area contributed by atoms with Crippen LogP contribution in [0.4, 0.5) is 13.2 Å². The normalized spacial score (nSPS) is 22.2. The molecule has 1 rings (SSSR count). The first-order valence-corrected chi connectivity index (χ1v) is 4.57. The van der Waals surface area contributed by atoms with Crippen LogP contribution >= 0.6 is 0 Å². The summed E-state index contributed by atoms with van der Waals surface area (Å²) in [5, 5.41) is 2.56. The van der Waals surface area contributed by atoms with Gasteiger partial charge in [-0.15, -0.1) is 0 Å². The second kappa shape index (κ2) is 4.28. The van der Waals surface area contributed by atoms with Gasteiger partial charge in [-0.3, -0.25) is 0 Å². The number of nitrogens with two attached hydrogens (primary N) is 1. The molecule has 0 radical (unpaired) electrons. The van der Waals surface area contributed by atoms with E-state index in [0.29, 0.717) is 0 Å². The second-order valence-corrected chi connectivity index (χ2v) is 3.48. The van der Waals surface area contributed by atoms with E-state index in [1.807, 2.05) is 0 Å². The van der Waals surface area contributed by atoms with Crippen LogP contribution in [-0.2, 0) is 0 Å².